The van der Waals surface area contributed by atoms with E-state index in [4.69, 9.17) is 14.2 Å². The van der Waals surface area contributed by atoms with Crippen LogP contribution in [0.4, 0.5) is 9.18 Å². The first-order chi connectivity index (χ1) is 17.6. The molecular formula is C29H41FN2O5S. The maximum absolute atomic E-state index is 16.0. The van der Waals surface area contributed by atoms with Gasteiger partial charge in [-0.2, -0.15) is 0 Å². The van der Waals surface area contributed by atoms with Gasteiger partial charge in [-0.05, 0) is 82.9 Å². The van der Waals surface area contributed by atoms with E-state index in [1.165, 1.54) is 4.90 Å². The van der Waals surface area contributed by atoms with Crippen LogP contribution in [0.25, 0.3) is 0 Å². The van der Waals surface area contributed by atoms with Gasteiger partial charge < -0.3 is 23.7 Å². The molecule has 0 bridgehead atoms. The van der Waals surface area contributed by atoms with Crippen molar-refractivity contribution in [2.45, 2.75) is 83.7 Å². The molecule has 1 fully saturated rings. The number of carbonyl (C=O) groups excluding carboxylic acids is 1. The van der Waals surface area contributed by atoms with Crippen molar-refractivity contribution >= 4 is 17.5 Å². The Kier molecular flexibility index (Phi) is 9.40. The van der Waals surface area contributed by atoms with Crippen molar-refractivity contribution in [2.24, 2.45) is 0 Å². The fourth-order valence-electron chi connectivity index (χ4n) is 3.92. The third-order valence-electron chi connectivity index (χ3n) is 6.10. The molecule has 0 aromatic heterocycles. The van der Waals surface area contributed by atoms with Crippen LogP contribution in [-0.2, 0) is 39.7 Å². The van der Waals surface area contributed by atoms with Crippen LogP contribution in [0.1, 0.15) is 76.8 Å². The molecule has 9 heteroatoms. The molecule has 0 radical (unpaired) electrons. The number of amides is 1. The molecule has 2 atom stereocenters. The van der Waals surface area contributed by atoms with Crippen molar-refractivity contribution in [2.75, 3.05) is 20.2 Å². The van der Waals surface area contributed by atoms with Crippen molar-refractivity contribution in [1.82, 2.24) is 9.62 Å². The Morgan fingerprint density at radius 1 is 1.08 bits per heavy atom. The highest BCUT2D eigenvalue weighted by Gasteiger charge is 2.49. The molecule has 38 heavy (non-hydrogen) atoms. The minimum atomic E-state index is -1.71. The molecule has 210 valence electrons. The summed E-state index contributed by atoms with van der Waals surface area (Å²) < 4.78 is 48.0. The summed E-state index contributed by atoms with van der Waals surface area (Å²) in [6.07, 6.45) is -0.527. The zero-order valence-electron chi connectivity index (χ0n) is 23.7. The van der Waals surface area contributed by atoms with Crippen molar-refractivity contribution in [3.63, 3.8) is 0 Å². The predicted octanol–water partition coefficient (Wildman–Crippen LogP) is 5.94. The highest BCUT2D eigenvalue weighted by atomic mass is 32.2. The number of benzene rings is 2. The van der Waals surface area contributed by atoms with Gasteiger partial charge in [-0.15, -0.1) is 4.72 Å². The molecule has 1 heterocycles. The van der Waals surface area contributed by atoms with E-state index in [1.54, 1.807) is 40.0 Å². The van der Waals surface area contributed by atoms with Crippen LogP contribution in [0.2, 0.25) is 0 Å². The fourth-order valence-corrected chi connectivity index (χ4v) is 4.73. The van der Waals surface area contributed by atoms with Crippen LogP contribution in [0.5, 0.6) is 5.75 Å². The zero-order valence-corrected chi connectivity index (χ0v) is 24.5. The SMILES string of the molecule is COc1ccc(COCc2cc(C(C)N[S@+]([O-])C(C)(C)C)cc(C3(F)CN(C(=O)OC(C)(C)C)C3)c2)cc1. The number of methoxy groups -OCH3 is 1. The Bertz CT molecular complexity index is 1090. The summed E-state index contributed by atoms with van der Waals surface area (Å²) in [5.41, 5.74) is 0.703. The van der Waals surface area contributed by atoms with Crippen molar-refractivity contribution in [1.29, 1.82) is 0 Å². The third-order valence-corrected chi connectivity index (χ3v) is 7.78. The number of hydrogen-bond donors (Lipinski definition) is 1. The van der Waals surface area contributed by atoms with Gasteiger partial charge in [0, 0.05) is 11.4 Å². The second-order valence-electron chi connectivity index (χ2n) is 11.8. The molecule has 1 aliphatic rings. The first-order valence-corrected chi connectivity index (χ1v) is 13.9. The standard InChI is InChI=1S/C29H41FN2O5S/c1-20(31-38(34)28(5,6)7)23-13-22(17-36-16-21-9-11-25(35-8)12-10-21)14-24(15-23)29(30)18-32(19-29)26(33)37-27(2,3)4/h9-15,20,31H,16-19H2,1-8H3/t20?,38-/m1/s1. The first-order valence-electron chi connectivity index (χ1n) is 12.8. The van der Waals surface area contributed by atoms with Gasteiger partial charge in [0.15, 0.2) is 5.67 Å². The van der Waals surface area contributed by atoms with E-state index in [2.05, 4.69) is 4.72 Å². The van der Waals surface area contributed by atoms with Gasteiger partial charge >= 0.3 is 6.09 Å². The topological polar surface area (TPSA) is 83.1 Å². The average Bonchev–Trinajstić information content (AvgIpc) is 2.80. The molecule has 2 aromatic rings. The van der Waals surface area contributed by atoms with E-state index in [0.29, 0.717) is 12.2 Å². The quantitative estimate of drug-likeness (QED) is 0.391. The van der Waals surface area contributed by atoms with E-state index in [-0.39, 0.29) is 25.7 Å². The Balaban J connectivity index is 1.78. The fraction of sp³-hybridized carbons (Fsp3) is 0.552. The van der Waals surface area contributed by atoms with Gasteiger partial charge in [0.25, 0.3) is 0 Å². The molecule has 1 unspecified atom stereocenters. The highest BCUT2D eigenvalue weighted by molar-refractivity contribution is 7.90. The minimum absolute atomic E-state index is 0.0900. The molecule has 1 saturated heterocycles. The second-order valence-corrected chi connectivity index (χ2v) is 13.8. The summed E-state index contributed by atoms with van der Waals surface area (Å²) in [5, 5.41) is 0. The molecule has 0 spiro atoms. The zero-order chi connectivity index (χ0) is 28.3. The molecule has 1 N–H and O–H groups in total. The van der Waals surface area contributed by atoms with Crippen LogP contribution in [0.3, 0.4) is 0 Å². The van der Waals surface area contributed by atoms with E-state index in [9.17, 15) is 9.35 Å². The van der Waals surface area contributed by atoms with E-state index in [1.807, 2.05) is 58.0 Å². The lowest BCUT2D eigenvalue weighted by molar-refractivity contribution is -0.0538. The summed E-state index contributed by atoms with van der Waals surface area (Å²) in [5.74, 6) is 0.773. The second kappa shape index (κ2) is 11.8. The number of nitrogens with zero attached hydrogens (tertiary/aromatic N) is 1. The summed E-state index contributed by atoms with van der Waals surface area (Å²) >= 11 is -1.30. The molecule has 0 aliphatic carbocycles. The highest BCUT2D eigenvalue weighted by Crippen LogP contribution is 2.39. The van der Waals surface area contributed by atoms with Gasteiger partial charge in [-0.25, -0.2) is 9.18 Å². The number of hydrogen-bond acceptors (Lipinski definition) is 6. The molecular weight excluding hydrogens is 507 g/mol. The first kappa shape index (κ1) is 30.2. The van der Waals surface area contributed by atoms with E-state index in [0.717, 1.165) is 22.4 Å². The van der Waals surface area contributed by atoms with Gasteiger partial charge in [-0.3, -0.25) is 0 Å². The Hall–Kier alpha value is -2.33. The summed E-state index contributed by atoms with van der Waals surface area (Å²) in [4.78, 5) is 13.8. The Morgan fingerprint density at radius 2 is 1.68 bits per heavy atom. The number of carbonyl (C=O) groups is 1. The monoisotopic (exact) mass is 548 g/mol. The summed E-state index contributed by atoms with van der Waals surface area (Å²) in [6, 6.07) is 12.9. The number of ether oxygens (including phenoxy) is 3. The largest absolute Gasteiger partial charge is 0.598 e. The molecule has 7 nitrogen and oxygen atoms in total. The Labute approximate surface area is 229 Å². The van der Waals surface area contributed by atoms with Crippen LogP contribution in [-0.4, -0.2) is 46.1 Å². The molecule has 1 amide bonds. The molecule has 3 rings (SSSR count). The number of halogens is 1. The lowest BCUT2D eigenvalue weighted by Gasteiger charge is -2.45. The summed E-state index contributed by atoms with van der Waals surface area (Å²) in [6.45, 7) is 13.4. The number of rotatable bonds is 9. The summed E-state index contributed by atoms with van der Waals surface area (Å²) in [7, 11) is 1.62. The molecule has 2 aromatic carbocycles. The van der Waals surface area contributed by atoms with Crippen molar-refractivity contribution < 1.29 is 27.9 Å². The van der Waals surface area contributed by atoms with E-state index < -0.39 is 33.5 Å². The average molecular weight is 549 g/mol. The van der Waals surface area contributed by atoms with Crippen LogP contribution >= 0.6 is 0 Å². The Morgan fingerprint density at radius 3 is 2.24 bits per heavy atom. The van der Waals surface area contributed by atoms with Gasteiger partial charge in [0.2, 0.25) is 0 Å². The molecule has 0 saturated carbocycles. The van der Waals surface area contributed by atoms with Crippen molar-refractivity contribution in [3.05, 3.63) is 64.7 Å². The van der Waals surface area contributed by atoms with Gasteiger partial charge in [0.05, 0.1) is 39.5 Å². The van der Waals surface area contributed by atoms with E-state index >= 15 is 4.39 Å². The van der Waals surface area contributed by atoms with Crippen molar-refractivity contribution in [3.8, 4) is 5.75 Å². The smallest absolute Gasteiger partial charge is 0.410 e. The number of nitrogens with one attached hydrogen (secondary N) is 1. The molecule has 1 aliphatic heterocycles. The van der Waals surface area contributed by atoms with Crippen LogP contribution < -0.4 is 9.46 Å². The van der Waals surface area contributed by atoms with Crippen LogP contribution in [0.15, 0.2) is 42.5 Å². The minimum Gasteiger partial charge on any atom is -0.598 e. The normalized spacial score (nSPS) is 16.9. The lowest BCUT2D eigenvalue weighted by atomic mass is 9.85. The third kappa shape index (κ3) is 8.09. The lowest BCUT2D eigenvalue weighted by Crippen LogP contribution is -2.59. The van der Waals surface area contributed by atoms with Gasteiger partial charge in [-0.1, -0.05) is 30.3 Å². The predicted molar refractivity (Wildman–Crippen MR) is 148 cm³/mol. The maximum atomic E-state index is 16.0. The van der Waals surface area contributed by atoms with Crippen LogP contribution in [0, 0.1) is 0 Å². The number of likely N-dealkylation sites (tertiary alicyclic amines) is 1. The van der Waals surface area contributed by atoms with Gasteiger partial charge in [0.1, 0.15) is 16.1 Å². The number of alkyl halides is 1. The maximum Gasteiger partial charge on any atom is 0.410 e.